The molecule has 5 nitrogen and oxygen atoms in total. The second-order valence-corrected chi connectivity index (χ2v) is 5.11. The molecule has 5 heteroatoms. The third kappa shape index (κ3) is 3.77. The van der Waals surface area contributed by atoms with Crippen molar-refractivity contribution in [2.24, 2.45) is 5.10 Å². The highest BCUT2D eigenvalue weighted by atomic mass is 16.5. The normalized spacial score (nSPS) is 15.2. The van der Waals surface area contributed by atoms with Crippen LogP contribution in [0.2, 0.25) is 0 Å². The SMILES string of the molecule is Oc1ccc(C=NNc2cccc(N3CCOCC3)c2)cc1. The van der Waals surface area contributed by atoms with Crippen LogP contribution in [0.3, 0.4) is 0 Å². The molecule has 0 aliphatic carbocycles. The van der Waals surface area contributed by atoms with Crippen LogP contribution < -0.4 is 10.3 Å². The Kier molecular flexibility index (Phi) is 4.56. The van der Waals surface area contributed by atoms with Crippen LogP contribution in [-0.4, -0.2) is 37.6 Å². The maximum Gasteiger partial charge on any atom is 0.115 e. The largest absolute Gasteiger partial charge is 0.508 e. The maximum absolute atomic E-state index is 9.24. The number of morpholine rings is 1. The summed E-state index contributed by atoms with van der Waals surface area (Å²) >= 11 is 0. The van der Waals surface area contributed by atoms with Gasteiger partial charge in [-0.3, -0.25) is 5.43 Å². The zero-order chi connectivity index (χ0) is 15.2. The molecule has 0 bridgehead atoms. The van der Waals surface area contributed by atoms with Crippen LogP contribution in [0.5, 0.6) is 5.75 Å². The summed E-state index contributed by atoms with van der Waals surface area (Å²) in [7, 11) is 0. The highest BCUT2D eigenvalue weighted by Crippen LogP contribution is 2.20. The molecule has 1 aliphatic heterocycles. The number of phenols is 1. The van der Waals surface area contributed by atoms with E-state index in [0.29, 0.717) is 0 Å². The van der Waals surface area contributed by atoms with E-state index in [4.69, 9.17) is 4.74 Å². The van der Waals surface area contributed by atoms with Gasteiger partial charge in [0.1, 0.15) is 5.75 Å². The van der Waals surface area contributed by atoms with Crippen molar-refractivity contribution in [1.29, 1.82) is 0 Å². The van der Waals surface area contributed by atoms with Crippen LogP contribution in [0.15, 0.2) is 53.6 Å². The van der Waals surface area contributed by atoms with Crippen LogP contribution in [-0.2, 0) is 4.74 Å². The molecule has 1 fully saturated rings. The Balaban J connectivity index is 1.63. The Morgan fingerprint density at radius 3 is 2.64 bits per heavy atom. The van der Waals surface area contributed by atoms with Crippen molar-refractivity contribution in [3.8, 4) is 5.75 Å². The van der Waals surface area contributed by atoms with E-state index in [-0.39, 0.29) is 5.75 Å². The molecular formula is C17H19N3O2. The van der Waals surface area contributed by atoms with Crippen LogP contribution in [0.1, 0.15) is 5.56 Å². The van der Waals surface area contributed by atoms with Crippen LogP contribution in [0.4, 0.5) is 11.4 Å². The molecular weight excluding hydrogens is 278 g/mol. The molecule has 0 aromatic heterocycles. The van der Waals surface area contributed by atoms with Gasteiger partial charge in [0.2, 0.25) is 0 Å². The van der Waals surface area contributed by atoms with Gasteiger partial charge in [-0.2, -0.15) is 5.10 Å². The highest BCUT2D eigenvalue weighted by Gasteiger charge is 2.10. The number of ether oxygens (including phenoxy) is 1. The van der Waals surface area contributed by atoms with E-state index in [1.807, 2.05) is 24.3 Å². The number of nitrogens with zero attached hydrogens (tertiary/aromatic N) is 2. The lowest BCUT2D eigenvalue weighted by molar-refractivity contribution is 0.122. The number of hydrogen-bond acceptors (Lipinski definition) is 5. The summed E-state index contributed by atoms with van der Waals surface area (Å²) in [6.07, 6.45) is 1.72. The molecule has 0 atom stereocenters. The van der Waals surface area contributed by atoms with Crippen LogP contribution in [0.25, 0.3) is 0 Å². The Labute approximate surface area is 129 Å². The van der Waals surface area contributed by atoms with Crippen molar-refractivity contribution in [2.45, 2.75) is 0 Å². The van der Waals surface area contributed by atoms with Gasteiger partial charge in [-0.15, -0.1) is 0 Å². The van der Waals surface area contributed by atoms with Gasteiger partial charge in [0.05, 0.1) is 25.1 Å². The quantitative estimate of drug-likeness (QED) is 0.673. The smallest absolute Gasteiger partial charge is 0.115 e. The Bertz CT molecular complexity index is 635. The molecule has 22 heavy (non-hydrogen) atoms. The molecule has 3 rings (SSSR count). The monoisotopic (exact) mass is 297 g/mol. The molecule has 0 unspecified atom stereocenters. The fourth-order valence-corrected chi connectivity index (χ4v) is 2.34. The standard InChI is InChI=1S/C17H19N3O2/c21-17-6-4-14(5-7-17)13-18-19-15-2-1-3-16(12-15)20-8-10-22-11-9-20/h1-7,12-13,19,21H,8-11H2. The summed E-state index contributed by atoms with van der Waals surface area (Å²) in [4.78, 5) is 2.30. The molecule has 2 aromatic rings. The summed E-state index contributed by atoms with van der Waals surface area (Å²) in [6.45, 7) is 3.38. The summed E-state index contributed by atoms with van der Waals surface area (Å²) in [6, 6.07) is 15.1. The molecule has 1 saturated heterocycles. The first-order valence-electron chi connectivity index (χ1n) is 7.32. The lowest BCUT2D eigenvalue weighted by Gasteiger charge is -2.29. The molecule has 1 aliphatic rings. The van der Waals surface area contributed by atoms with Gasteiger partial charge < -0.3 is 14.7 Å². The van der Waals surface area contributed by atoms with Gasteiger partial charge in [-0.05, 0) is 48.0 Å². The third-order valence-corrected chi connectivity index (χ3v) is 3.52. The number of hydrogen-bond donors (Lipinski definition) is 2. The zero-order valence-corrected chi connectivity index (χ0v) is 12.3. The van der Waals surface area contributed by atoms with Crippen molar-refractivity contribution >= 4 is 17.6 Å². The van der Waals surface area contributed by atoms with Crippen LogP contribution in [0, 0.1) is 0 Å². The third-order valence-electron chi connectivity index (χ3n) is 3.52. The van der Waals surface area contributed by atoms with Gasteiger partial charge in [0.15, 0.2) is 0 Å². The Morgan fingerprint density at radius 1 is 1.09 bits per heavy atom. The molecule has 0 saturated carbocycles. The number of aromatic hydroxyl groups is 1. The molecule has 0 radical (unpaired) electrons. The molecule has 2 N–H and O–H groups in total. The minimum absolute atomic E-state index is 0.253. The van der Waals surface area contributed by atoms with Gasteiger partial charge >= 0.3 is 0 Å². The van der Waals surface area contributed by atoms with Crippen molar-refractivity contribution < 1.29 is 9.84 Å². The maximum atomic E-state index is 9.24. The van der Waals surface area contributed by atoms with Crippen molar-refractivity contribution in [3.63, 3.8) is 0 Å². The van der Waals surface area contributed by atoms with E-state index in [1.54, 1.807) is 18.3 Å². The molecule has 2 aromatic carbocycles. The summed E-state index contributed by atoms with van der Waals surface area (Å²) in [5.74, 6) is 0.253. The van der Waals surface area contributed by atoms with Crippen molar-refractivity contribution in [1.82, 2.24) is 0 Å². The minimum Gasteiger partial charge on any atom is -0.508 e. The number of anilines is 2. The van der Waals surface area contributed by atoms with Gasteiger partial charge in [0.25, 0.3) is 0 Å². The van der Waals surface area contributed by atoms with E-state index in [0.717, 1.165) is 37.6 Å². The number of hydrazone groups is 1. The average Bonchev–Trinajstić information content (AvgIpc) is 2.58. The summed E-state index contributed by atoms with van der Waals surface area (Å²) < 4.78 is 5.38. The van der Waals surface area contributed by atoms with Crippen molar-refractivity contribution in [2.75, 3.05) is 36.6 Å². The Hall–Kier alpha value is -2.53. The summed E-state index contributed by atoms with van der Waals surface area (Å²) in [5, 5.41) is 13.5. The number of benzene rings is 2. The molecule has 0 amide bonds. The van der Waals surface area contributed by atoms with Gasteiger partial charge in [0, 0.05) is 18.8 Å². The second kappa shape index (κ2) is 6.95. The number of nitrogens with one attached hydrogen (secondary N) is 1. The predicted octanol–water partition coefficient (Wildman–Crippen LogP) is 2.67. The van der Waals surface area contributed by atoms with Crippen molar-refractivity contribution in [3.05, 3.63) is 54.1 Å². The number of rotatable bonds is 4. The predicted molar refractivity (Wildman–Crippen MR) is 88.8 cm³/mol. The first-order valence-corrected chi connectivity index (χ1v) is 7.32. The highest BCUT2D eigenvalue weighted by molar-refractivity contribution is 5.80. The van der Waals surface area contributed by atoms with Gasteiger partial charge in [-0.1, -0.05) is 6.07 Å². The van der Waals surface area contributed by atoms with E-state index < -0.39 is 0 Å². The molecule has 1 heterocycles. The van der Waals surface area contributed by atoms with E-state index >= 15 is 0 Å². The Morgan fingerprint density at radius 2 is 1.86 bits per heavy atom. The van der Waals surface area contributed by atoms with E-state index in [2.05, 4.69) is 27.6 Å². The van der Waals surface area contributed by atoms with E-state index in [1.165, 1.54) is 5.69 Å². The molecule has 0 spiro atoms. The first kappa shape index (κ1) is 14.4. The summed E-state index contributed by atoms with van der Waals surface area (Å²) in [5.41, 5.74) is 6.08. The lowest BCUT2D eigenvalue weighted by Crippen LogP contribution is -2.36. The van der Waals surface area contributed by atoms with Gasteiger partial charge in [-0.25, -0.2) is 0 Å². The number of phenolic OH excluding ortho intramolecular Hbond substituents is 1. The lowest BCUT2D eigenvalue weighted by atomic mass is 10.2. The van der Waals surface area contributed by atoms with Crippen LogP contribution >= 0.6 is 0 Å². The fourth-order valence-electron chi connectivity index (χ4n) is 2.34. The molecule has 114 valence electrons. The van der Waals surface area contributed by atoms with E-state index in [9.17, 15) is 5.11 Å². The zero-order valence-electron chi connectivity index (χ0n) is 12.3. The first-order chi connectivity index (χ1) is 10.8. The topological polar surface area (TPSA) is 57.1 Å². The second-order valence-electron chi connectivity index (χ2n) is 5.11. The fraction of sp³-hybridized carbons (Fsp3) is 0.235. The average molecular weight is 297 g/mol. The minimum atomic E-state index is 0.253.